The van der Waals surface area contributed by atoms with Gasteiger partial charge in [-0.15, -0.1) is 0 Å². The molecule has 130 valence electrons. The number of rotatable bonds is 4. The highest BCUT2D eigenvalue weighted by Gasteiger charge is 2.42. The summed E-state index contributed by atoms with van der Waals surface area (Å²) in [6.45, 7) is 14.8. The van der Waals surface area contributed by atoms with E-state index < -0.39 is 8.32 Å². The minimum atomic E-state index is -1.65. The van der Waals surface area contributed by atoms with Crippen molar-refractivity contribution in [1.82, 2.24) is 0 Å². The van der Waals surface area contributed by atoms with E-state index in [1.54, 1.807) is 0 Å². The van der Waals surface area contributed by atoms with Crippen LogP contribution in [0.2, 0.25) is 18.1 Å². The van der Waals surface area contributed by atoms with Crippen LogP contribution < -0.4 is 0 Å². The molecule has 0 bridgehead atoms. The second-order valence-electron chi connectivity index (χ2n) is 8.94. The highest BCUT2D eigenvalue weighted by molar-refractivity contribution is 6.74. The van der Waals surface area contributed by atoms with Gasteiger partial charge < -0.3 is 13.9 Å². The molecule has 0 aromatic rings. The summed E-state index contributed by atoms with van der Waals surface area (Å²) in [5.74, 6) is 0. The molecule has 0 aromatic carbocycles. The normalized spacial score (nSPS) is 34.6. The molecular weight excluding hydrogens is 292 g/mol. The summed E-state index contributed by atoms with van der Waals surface area (Å²) in [7, 11) is -1.65. The fourth-order valence-corrected chi connectivity index (χ4v) is 4.58. The number of ether oxygens (including phenoxy) is 2. The maximum Gasteiger partial charge on any atom is 0.192 e. The monoisotopic (exact) mass is 328 g/mol. The van der Waals surface area contributed by atoms with Gasteiger partial charge in [0.1, 0.15) is 0 Å². The van der Waals surface area contributed by atoms with Crippen LogP contribution in [0.4, 0.5) is 0 Å². The Morgan fingerprint density at radius 3 is 2.18 bits per heavy atom. The molecule has 1 atom stereocenters. The minimum absolute atomic E-state index is 0.0186. The van der Waals surface area contributed by atoms with E-state index in [0.717, 1.165) is 38.7 Å². The van der Waals surface area contributed by atoms with Gasteiger partial charge in [-0.05, 0) is 70.0 Å². The fraction of sp³-hybridized carbons (Fsp3) is 1.00. The summed E-state index contributed by atoms with van der Waals surface area (Å²) in [5, 5.41) is 0.292. The van der Waals surface area contributed by atoms with Crippen LogP contribution in [0.15, 0.2) is 0 Å². The van der Waals surface area contributed by atoms with Crippen molar-refractivity contribution < 1.29 is 13.9 Å². The van der Waals surface area contributed by atoms with E-state index in [0.29, 0.717) is 11.1 Å². The molecule has 0 radical (unpaired) electrons. The second kappa shape index (κ2) is 6.92. The molecule has 2 fully saturated rings. The molecule has 1 unspecified atom stereocenters. The van der Waals surface area contributed by atoms with Crippen molar-refractivity contribution in [1.29, 1.82) is 0 Å². The molecule has 1 saturated heterocycles. The second-order valence-corrected chi connectivity index (χ2v) is 13.7. The minimum Gasteiger partial charge on any atom is -0.414 e. The first kappa shape index (κ1) is 18.4. The molecule has 0 amide bonds. The van der Waals surface area contributed by atoms with E-state index in [4.69, 9.17) is 13.9 Å². The average molecular weight is 329 g/mol. The maximum absolute atomic E-state index is 6.58. The summed E-state index contributed by atoms with van der Waals surface area (Å²) in [6.07, 6.45) is 8.33. The summed E-state index contributed by atoms with van der Waals surface area (Å²) >= 11 is 0. The predicted molar refractivity (Wildman–Crippen MR) is 93.6 cm³/mol. The van der Waals surface area contributed by atoms with Crippen molar-refractivity contribution in [2.75, 3.05) is 6.61 Å². The Hall–Kier alpha value is 0.0969. The van der Waals surface area contributed by atoms with Crippen LogP contribution in [0.1, 0.15) is 72.6 Å². The van der Waals surface area contributed by atoms with Gasteiger partial charge in [-0.3, -0.25) is 0 Å². The summed E-state index contributed by atoms with van der Waals surface area (Å²) in [4.78, 5) is 0. The quantitative estimate of drug-likeness (QED) is 0.659. The fourth-order valence-electron chi connectivity index (χ4n) is 3.15. The van der Waals surface area contributed by atoms with E-state index in [-0.39, 0.29) is 11.9 Å². The number of hydrogen-bond donors (Lipinski definition) is 0. The largest absolute Gasteiger partial charge is 0.414 e. The first-order valence-electron chi connectivity index (χ1n) is 9.09. The van der Waals surface area contributed by atoms with Gasteiger partial charge in [0.2, 0.25) is 0 Å². The van der Waals surface area contributed by atoms with Crippen molar-refractivity contribution in [3.8, 4) is 0 Å². The van der Waals surface area contributed by atoms with Crippen LogP contribution in [0.5, 0.6) is 0 Å². The van der Waals surface area contributed by atoms with Crippen LogP contribution in [0, 0.1) is 0 Å². The first-order valence-corrected chi connectivity index (χ1v) is 12.0. The van der Waals surface area contributed by atoms with Crippen molar-refractivity contribution in [3.05, 3.63) is 0 Å². The molecule has 2 aliphatic rings. The molecule has 1 aliphatic carbocycles. The van der Waals surface area contributed by atoms with Crippen molar-refractivity contribution in [3.63, 3.8) is 0 Å². The van der Waals surface area contributed by atoms with Gasteiger partial charge in [0.15, 0.2) is 14.6 Å². The molecule has 1 heterocycles. The Bertz CT molecular complexity index is 348. The lowest BCUT2D eigenvalue weighted by Crippen LogP contribution is -2.47. The van der Waals surface area contributed by atoms with Gasteiger partial charge in [0.25, 0.3) is 0 Å². The molecule has 1 saturated carbocycles. The smallest absolute Gasteiger partial charge is 0.192 e. The Labute approximate surface area is 138 Å². The van der Waals surface area contributed by atoms with Gasteiger partial charge in [-0.2, -0.15) is 0 Å². The van der Waals surface area contributed by atoms with E-state index in [1.807, 2.05) is 0 Å². The molecule has 0 N–H and O–H groups in total. The molecular formula is C18H36O3Si. The Balaban J connectivity index is 1.81. The Morgan fingerprint density at radius 2 is 1.68 bits per heavy atom. The third-order valence-corrected chi connectivity index (χ3v) is 10.3. The highest BCUT2D eigenvalue weighted by atomic mass is 28.4. The van der Waals surface area contributed by atoms with E-state index in [1.165, 1.54) is 12.8 Å². The zero-order valence-corrected chi connectivity index (χ0v) is 16.5. The van der Waals surface area contributed by atoms with Gasteiger partial charge in [-0.25, -0.2) is 0 Å². The zero-order valence-electron chi connectivity index (χ0n) is 15.5. The first-order chi connectivity index (χ1) is 10.1. The standard InChI is InChI=1S/C18H36O3Si/c1-17(2,3)22(5,6)21-15-10-12-18(4,13-11-15)20-16-9-7-8-14-19-16/h15-16H,7-14H2,1-6H3. The average Bonchev–Trinajstić information content (AvgIpc) is 2.41. The van der Waals surface area contributed by atoms with E-state index in [9.17, 15) is 0 Å². The van der Waals surface area contributed by atoms with Gasteiger partial charge in [0.05, 0.1) is 5.60 Å². The summed E-state index contributed by atoms with van der Waals surface area (Å²) in [5.41, 5.74) is -0.0186. The highest BCUT2D eigenvalue weighted by Crippen LogP contribution is 2.41. The van der Waals surface area contributed by atoms with E-state index >= 15 is 0 Å². The Kier molecular flexibility index (Phi) is 5.80. The predicted octanol–water partition coefficient (Wildman–Crippen LogP) is 5.25. The topological polar surface area (TPSA) is 27.7 Å². The summed E-state index contributed by atoms with van der Waals surface area (Å²) < 4.78 is 18.6. The lowest BCUT2D eigenvalue weighted by atomic mass is 9.84. The maximum atomic E-state index is 6.58. The van der Waals surface area contributed by atoms with Gasteiger partial charge >= 0.3 is 0 Å². The summed E-state index contributed by atoms with van der Waals surface area (Å²) in [6, 6.07) is 0. The van der Waals surface area contributed by atoms with Crippen molar-refractivity contribution >= 4 is 8.32 Å². The molecule has 22 heavy (non-hydrogen) atoms. The SMILES string of the molecule is CC1(OC2CCCCO2)CCC(O[Si](C)(C)C(C)(C)C)CC1. The lowest BCUT2D eigenvalue weighted by molar-refractivity contribution is -0.230. The molecule has 3 nitrogen and oxygen atoms in total. The number of hydrogen-bond acceptors (Lipinski definition) is 3. The van der Waals surface area contributed by atoms with Crippen molar-refractivity contribution in [2.24, 2.45) is 0 Å². The Morgan fingerprint density at radius 1 is 1.05 bits per heavy atom. The molecule has 2 rings (SSSR count). The lowest BCUT2D eigenvalue weighted by Gasteiger charge is -2.44. The van der Waals surface area contributed by atoms with Crippen LogP contribution in [0.3, 0.4) is 0 Å². The van der Waals surface area contributed by atoms with Crippen LogP contribution >= 0.6 is 0 Å². The van der Waals surface area contributed by atoms with E-state index in [2.05, 4.69) is 40.8 Å². The molecule has 1 aliphatic heterocycles. The molecule has 4 heteroatoms. The molecule has 0 aromatic heterocycles. The van der Waals surface area contributed by atoms with Crippen LogP contribution in [-0.2, 0) is 13.9 Å². The third-order valence-electron chi connectivity index (χ3n) is 5.81. The van der Waals surface area contributed by atoms with Gasteiger partial charge in [0, 0.05) is 12.7 Å². The molecule has 0 spiro atoms. The zero-order chi connectivity index (χ0) is 16.4. The third kappa shape index (κ3) is 4.79. The van der Waals surface area contributed by atoms with Gasteiger partial charge in [-0.1, -0.05) is 20.8 Å². The van der Waals surface area contributed by atoms with Crippen molar-refractivity contribution in [2.45, 2.75) is 109 Å². The van der Waals surface area contributed by atoms with Crippen LogP contribution in [0.25, 0.3) is 0 Å². The van der Waals surface area contributed by atoms with Crippen LogP contribution in [-0.4, -0.2) is 32.9 Å².